The lowest BCUT2D eigenvalue weighted by molar-refractivity contribution is 0.596. The Balaban J connectivity index is 1.80. The molecule has 0 bridgehead atoms. The van der Waals surface area contributed by atoms with Crippen LogP contribution in [0.25, 0.3) is 42.2 Å². The number of hydrogen-bond acceptors (Lipinski definition) is 2. The zero-order valence-electron chi connectivity index (χ0n) is 19.8. The number of fused-ring (bicyclic) bond motifs is 4. The number of aromatic nitrogens is 1. The van der Waals surface area contributed by atoms with E-state index in [1.807, 2.05) is 17.5 Å². The highest BCUT2D eigenvalue weighted by molar-refractivity contribution is 8.31. The molecule has 5 aromatic rings. The molecule has 3 aromatic carbocycles. The first-order valence-corrected chi connectivity index (χ1v) is 14.9. The Bertz CT molecular complexity index is 1460. The minimum absolute atomic E-state index is 0.0618. The van der Waals surface area contributed by atoms with E-state index in [1.165, 1.54) is 47.6 Å². The largest absolute Gasteiger partial charge is 0.255 e. The van der Waals surface area contributed by atoms with Crippen molar-refractivity contribution in [3.8, 4) is 11.3 Å². The van der Waals surface area contributed by atoms with E-state index in [0.717, 1.165) is 11.4 Å². The molecule has 0 aliphatic rings. The van der Waals surface area contributed by atoms with Crippen LogP contribution in [0, 0.1) is 0 Å². The Kier molecular flexibility index (Phi) is 5.11. The van der Waals surface area contributed by atoms with Crippen molar-refractivity contribution in [2.45, 2.75) is 31.9 Å². The molecule has 0 fully saturated rings. The van der Waals surface area contributed by atoms with Crippen molar-refractivity contribution in [1.29, 1.82) is 0 Å². The van der Waals surface area contributed by atoms with Gasteiger partial charge in [-0.2, -0.15) is 0 Å². The van der Waals surface area contributed by atoms with E-state index >= 15 is 0 Å². The van der Waals surface area contributed by atoms with Crippen LogP contribution in [0.5, 0.6) is 0 Å². The van der Waals surface area contributed by atoms with Crippen LogP contribution in [0.15, 0.2) is 66.9 Å². The Labute approximate surface area is 196 Å². The van der Waals surface area contributed by atoms with E-state index in [4.69, 9.17) is 4.98 Å². The maximum atomic E-state index is 4.92. The smallest absolute Gasteiger partial charge is 0.0880 e. The second-order valence-corrected chi connectivity index (χ2v) is 16.2. The van der Waals surface area contributed by atoms with Gasteiger partial charge in [0.2, 0.25) is 0 Å². The van der Waals surface area contributed by atoms with Crippen molar-refractivity contribution >= 4 is 52.3 Å². The fourth-order valence-electron chi connectivity index (χ4n) is 4.64. The molecule has 164 valence electrons. The molecule has 0 saturated heterocycles. The van der Waals surface area contributed by atoms with Crippen molar-refractivity contribution < 1.29 is 0 Å². The first-order valence-electron chi connectivity index (χ1n) is 11.1. The lowest BCUT2D eigenvalue weighted by atomic mass is 9.82. The summed E-state index contributed by atoms with van der Waals surface area (Å²) in [6, 6.07) is 22.4. The monoisotopic (exact) mass is 457 g/mol. The molecule has 5 rings (SSSR count). The summed E-state index contributed by atoms with van der Waals surface area (Å²) in [5, 5.41) is 5.31. The lowest BCUT2D eigenvalue weighted by Gasteiger charge is -2.25. The first-order chi connectivity index (χ1) is 15.1. The van der Waals surface area contributed by atoms with Gasteiger partial charge in [-0.3, -0.25) is 4.98 Å². The van der Waals surface area contributed by atoms with E-state index in [0.29, 0.717) is 0 Å². The van der Waals surface area contributed by atoms with E-state index in [-0.39, 0.29) is 5.41 Å². The first kappa shape index (κ1) is 21.5. The van der Waals surface area contributed by atoms with E-state index < -0.39 is 10.0 Å². The molecule has 3 heteroatoms. The number of pyridine rings is 1. The minimum atomic E-state index is -0.624. The van der Waals surface area contributed by atoms with Crippen molar-refractivity contribution in [2.75, 3.05) is 18.8 Å². The third-order valence-electron chi connectivity index (χ3n) is 6.03. The van der Waals surface area contributed by atoms with Crippen molar-refractivity contribution in [3.63, 3.8) is 0 Å². The van der Waals surface area contributed by atoms with Gasteiger partial charge < -0.3 is 0 Å². The van der Waals surface area contributed by atoms with Crippen LogP contribution in [-0.4, -0.2) is 23.8 Å². The van der Waals surface area contributed by atoms with E-state index in [1.54, 1.807) is 0 Å². The van der Waals surface area contributed by atoms with Crippen LogP contribution in [0.2, 0.25) is 0 Å². The summed E-state index contributed by atoms with van der Waals surface area (Å²) in [6.45, 7) is 6.90. The van der Waals surface area contributed by atoms with Gasteiger partial charge in [0.1, 0.15) is 0 Å². The zero-order valence-corrected chi connectivity index (χ0v) is 21.5. The predicted octanol–water partition coefficient (Wildman–Crippen LogP) is 8.76. The van der Waals surface area contributed by atoms with Gasteiger partial charge in [0.25, 0.3) is 0 Å². The molecular formula is C29H31NS2. The molecule has 32 heavy (non-hydrogen) atoms. The molecule has 0 atom stereocenters. The normalized spacial score (nSPS) is 13.3. The van der Waals surface area contributed by atoms with Crippen molar-refractivity contribution in [1.82, 2.24) is 4.98 Å². The predicted molar refractivity (Wildman–Crippen MR) is 148 cm³/mol. The van der Waals surface area contributed by atoms with Gasteiger partial charge in [-0.15, -0.1) is 11.3 Å². The average molecular weight is 458 g/mol. The maximum absolute atomic E-state index is 4.92. The quantitative estimate of drug-likeness (QED) is 0.264. The van der Waals surface area contributed by atoms with E-state index in [2.05, 4.69) is 100 Å². The van der Waals surface area contributed by atoms with Crippen molar-refractivity contribution in [3.05, 3.63) is 78.0 Å². The highest BCUT2D eigenvalue weighted by Gasteiger charge is 2.20. The third-order valence-corrected chi connectivity index (χ3v) is 8.51. The highest BCUT2D eigenvalue weighted by atomic mass is 32.3. The summed E-state index contributed by atoms with van der Waals surface area (Å²) < 4.78 is 2.73. The average Bonchev–Trinajstić information content (AvgIpc) is 3.11. The number of hydrogen-bond donors (Lipinski definition) is 0. The molecule has 0 spiro atoms. The van der Waals surface area contributed by atoms with Gasteiger partial charge in [-0.05, 0) is 64.3 Å². The highest BCUT2D eigenvalue weighted by Crippen LogP contribution is 2.46. The summed E-state index contributed by atoms with van der Waals surface area (Å²) >= 11 is 1.92. The fourth-order valence-corrected chi connectivity index (χ4v) is 7.22. The molecule has 1 nitrogen and oxygen atoms in total. The third kappa shape index (κ3) is 3.82. The van der Waals surface area contributed by atoms with Crippen LogP contribution in [0.3, 0.4) is 0 Å². The Hall–Kier alpha value is -2.36. The fraction of sp³-hybridized carbons (Fsp3) is 0.276. The number of benzene rings is 3. The lowest BCUT2D eigenvalue weighted by Crippen LogP contribution is -2.12. The second kappa shape index (κ2) is 7.60. The topological polar surface area (TPSA) is 12.9 Å². The molecule has 2 aromatic heterocycles. The van der Waals surface area contributed by atoms with Gasteiger partial charge in [-0.25, -0.2) is 10.0 Å². The molecule has 0 unspecified atom stereocenters. The van der Waals surface area contributed by atoms with Crippen LogP contribution < -0.4 is 0 Å². The van der Waals surface area contributed by atoms with Crippen molar-refractivity contribution in [2.24, 2.45) is 0 Å². The van der Waals surface area contributed by atoms with Gasteiger partial charge in [0.15, 0.2) is 0 Å². The molecular weight excluding hydrogens is 426 g/mol. The Morgan fingerprint density at radius 3 is 2.28 bits per heavy atom. The zero-order chi connectivity index (χ0) is 22.7. The van der Waals surface area contributed by atoms with Crippen LogP contribution in [0.4, 0.5) is 0 Å². The summed E-state index contributed by atoms with van der Waals surface area (Å²) in [7, 11) is -0.624. The van der Waals surface area contributed by atoms with Gasteiger partial charge in [0.05, 0.1) is 10.4 Å². The summed E-state index contributed by atoms with van der Waals surface area (Å²) in [6.07, 6.45) is 9.18. The number of thiophene rings is 1. The number of nitrogens with zero attached hydrogens (tertiary/aromatic N) is 1. The van der Waals surface area contributed by atoms with Crippen LogP contribution >= 0.6 is 21.4 Å². The van der Waals surface area contributed by atoms with Gasteiger partial charge >= 0.3 is 0 Å². The molecule has 2 heterocycles. The molecule has 0 amide bonds. The second-order valence-electron chi connectivity index (χ2n) is 10.7. The van der Waals surface area contributed by atoms with Crippen LogP contribution in [0.1, 0.15) is 31.9 Å². The van der Waals surface area contributed by atoms with Gasteiger partial charge in [0, 0.05) is 33.0 Å². The molecule has 0 radical (unpaired) electrons. The Morgan fingerprint density at radius 1 is 0.812 bits per heavy atom. The summed E-state index contributed by atoms with van der Waals surface area (Å²) in [5.41, 5.74) is 5.24. The maximum Gasteiger partial charge on any atom is 0.0880 e. The standard InChI is InChI=1S/C29H31NS2/c1-29(2,3)25-17-21(16-19-10-7-8-12-22(19)25)26-28-24(14-15-30-26)23-13-9-11-20(27(23)31-28)18-32(4,5)6/h7-17H,18H2,1-6H3. The number of rotatable bonds is 3. The minimum Gasteiger partial charge on any atom is -0.255 e. The van der Waals surface area contributed by atoms with E-state index in [9.17, 15) is 0 Å². The SMILES string of the molecule is CC(C)(C)c1cc(-c2nccc3c2sc2c(CS(C)(C)C)cccc23)cc2ccccc12. The molecule has 0 N–H and O–H groups in total. The molecule has 0 aliphatic carbocycles. The summed E-state index contributed by atoms with van der Waals surface area (Å²) in [5.74, 6) is 1.16. The summed E-state index contributed by atoms with van der Waals surface area (Å²) in [4.78, 5) is 4.92. The van der Waals surface area contributed by atoms with Gasteiger partial charge in [-0.1, -0.05) is 63.2 Å². The Morgan fingerprint density at radius 2 is 1.53 bits per heavy atom. The molecule has 0 aliphatic heterocycles. The molecule has 0 saturated carbocycles. The van der Waals surface area contributed by atoms with Crippen LogP contribution in [-0.2, 0) is 11.2 Å².